The van der Waals surface area contributed by atoms with Crippen molar-refractivity contribution in [1.29, 1.82) is 0 Å². The van der Waals surface area contributed by atoms with Crippen molar-refractivity contribution in [3.8, 4) is 0 Å². The monoisotopic (exact) mass is 227 g/mol. The molecule has 1 aromatic rings. The quantitative estimate of drug-likeness (QED) is 0.796. The van der Waals surface area contributed by atoms with E-state index in [2.05, 4.69) is 22.4 Å². The Morgan fingerprint density at radius 1 is 1.56 bits per heavy atom. The van der Waals surface area contributed by atoms with Gasteiger partial charge in [-0.3, -0.25) is 0 Å². The average molecular weight is 227 g/mol. The van der Waals surface area contributed by atoms with Crippen LogP contribution in [0, 0.1) is 0 Å². The predicted molar refractivity (Wildman–Crippen MR) is 55.8 cm³/mol. The molecule has 0 aromatic carbocycles. The highest BCUT2D eigenvalue weighted by atomic mass is 16.5. The fourth-order valence-corrected chi connectivity index (χ4v) is 1.41. The van der Waals surface area contributed by atoms with Gasteiger partial charge in [0, 0.05) is 20.2 Å². The summed E-state index contributed by atoms with van der Waals surface area (Å²) in [5, 5.41) is 6.98. The lowest BCUT2D eigenvalue weighted by molar-refractivity contribution is -0.0841. The Morgan fingerprint density at radius 3 is 2.88 bits per heavy atom. The maximum Gasteiger partial charge on any atom is 0.252 e. The summed E-state index contributed by atoms with van der Waals surface area (Å²) in [5.74, 6) is 1.05. The summed E-state index contributed by atoms with van der Waals surface area (Å²) in [5.41, 5.74) is -0.0957. The van der Waals surface area contributed by atoms with Gasteiger partial charge in [-0.15, -0.1) is 0 Å². The highest BCUT2D eigenvalue weighted by Crippen LogP contribution is 2.18. The molecule has 16 heavy (non-hydrogen) atoms. The normalized spacial score (nSPS) is 20.4. The van der Waals surface area contributed by atoms with Crippen LogP contribution in [0.3, 0.4) is 0 Å². The minimum absolute atomic E-state index is 0.0957. The van der Waals surface area contributed by atoms with E-state index in [0.29, 0.717) is 18.3 Å². The zero-order valence-electron chi connectivity index (χ0n) is 9.82. The van der Waals surface area contributed by atoms with E-state index < -0.39 is 0 Å². The zero-order valence-corrected chi connectivity index (χ0v) is 9.82. The Hall–Kier alpha value is -0.980. The minimum atomic E-state index is -0.154. The second-order valence-corrected chi connectivity index (χ2v) is 4.27. The number of ether oxygens (including phenoxy) is 2. The molecule has 2 rings (SSSR count). The molecule has 0 saturated carbocycles. The third-order valence-corrected chi connectivity index (χ3v) is 2.74. The van der Waals surface area contributed by atoms with Crippen LogP contribution in [-0.2, 0) is 16.1 Å². The summed E-state index contributed by atoms with van der Waals surface area (Å²) in [7, 11) is 1.61. The third-order valence-electron chi connectivity index (χ3n) is 2.74. The maximum atomic E-state index is 5.68. The molecule has 1 aromatic heterocycles. The van der Waals surface area contributed by atoms with Crippen LogP contribution in [0.4, 0.5) is 0 Å². The summed E-state index contributed by atoms with van der Waals surface area (Å²) in [6.07, 6.45) is -0.154. The summed E-state index contributed by atoms with van der Waals surface area (Å²) >= 11 is 0. The number of aromatic nitrogens is 2. The van der Waals surface area contributed by atoms with E-state index in [0.717, 1.165) is 13.1 Å². The van der Waals surface area contributed by atoms with E-state index in [4.69, 9.17) is 14.0 Å². The van der Waals surface area contributed by atoms with E-state index in [1.165, 1.54) is 0 Å². The van der Waals surface area contributed by atoms with Gasteiger partial charge in [-0.1, -0.05) is 5.16 Å². The van der Waals surface area contributed by atoms with Crippen molar-refractivity contribution in [1.82, 2.24) is 15.5 Å². The standard InChI is InChI=1S/C10H17N3O3/c1-7(14-3)9-12-8(16-13-9)4-15-10(2)5-11-6-10/h7,11H,4-6H2,1-3H3. The van der Waals surface area contributed by atoms with Crippen molar-refractivity contribution in [2.75, 3.05) is 20.2 Å². The van der Waals surface area contributed by atoms with Crippen LogP contribution in [0.1, 0.15) is 31.7 Å². The van der Waals surface area contributed by atoms with E-state index in [1.807, 2.05) is 6.92 Å². The SMILES string of the molecule is COC(C)c1noc(COC2(C)CNC2)n1. The van der Waals surface area contributed by atoms with Crippen molar-refractivity contribution in [3.63, 3.8) is 0 Å². The van der Waals surface area contributed by atoms with Crippen LogP contribution in [0.2, 0.25) is 0 Å². The second kappa shape index (κ2) is 4.48. The van der Waals surface area contributed by atoms with Gasteiger partial charge in [0.25, 0.3) is 5.89 Å². The number of hydrogen-bond acceptors (Lipinski definition) is 6. The van der Waals surface area contributed by atoms with E-state index in [1.54, 1.807) is 7.11 Å². The van der Waals surface area contributed by atoms with Gasteiger partial charge in [-0.25, -0.2) is 0 Å². The molecular formula is C10H17N3O3. The van der Waals surface area contributed by atoms with Gasteiger partial charge in [-0.2, -0.15) is 4.98 Å². The lowest BCUT2D eigenvalue weighted by atomic mass is 10.0. The molecule has 6 nitrogen and oxygen atoms in total. The third kappa shape index (κ3) is 2.40. The van der Waals surface area contributed by atoms with Crippen LogP contribution in [0.15, 0.2) is 4.52 Å². The van der Waals surface area contributed by atoms with Crippen molar-refractivity contribution >= 4 is 0 Å². The molecule has 6 heteroatoms. The minimum Gasteiger partial charge on any atom is -0.374 e. The maximum absolute atomic E-state index is 5.68. The van der Waals surface area contributed by atoms with Gasteiger partial charge in [0.2, 0.25) is 0 Å². The molecule has 1 aliphatic heterocycles. The van der Waals surface area contributed by atoms with Gasteiger partial charge in [0.05, 0.1) is 5.60 Å². The van der Waals surface area contributed by atoms with Crippen molar-refractivity contribution in [2.24, 2.45) is 0 Å². The molecule has 0 bridgehead atoms. The molecule has 1 fully saturated rings. The topological polar surface area (TPSA) is 69.4 Å². The molecular weight excluding hydrogens is 210 g/mol. The van der Waals surface area contributed by atoms with Crippen LogP contribution in [0.25, 0.3) is 0 Å². The van der Waals surface area contributed by atoms with Crippen LogP contribution >= 0.6 is 0 Å². The number of nitrogens with one attached hydrogen (secondary N) is 1. The molecule has 1 unspecified atom stereocenters. The lowest BCUT2D eigenvalue weighted by Crippen LogP contribution is -2.58. The lowest BCUT2D eigenvalue weighted by Gasteiger charge is -2.38. The van der Waals surface area contributed by atoms with Crippen molar-refractivity contribution in [3.05, 3.63) is 11.7 Å². The molecule has 0 amide bonds. The fraction of sp³-hybridized carbons (Fsp3) is 0.800. The Bertz CT molecular complexity index is 349. The highest BCUT2D eigenvalue weighted by molar-refractivity contribution is 4.92. The number of nitrogens with zero attached hydrogens (tertiary/aromatic N) is 2. The molecule has 2 heterocycles. The number of rotatable bonds is 5. The fourth-order valence-electron chi connectivity index (χ4n) is 1.41. The largest absolute Gasteiger partial charge is 0.374 e. The first-order chi connectivity index (χ1) is 7.63. The van der Waals surface area contributed by atoms with Gasteiger partial charge >= 0.3 is 0 Å². The number of hydrogen-bond donors (Lipinski definition) is 1. The van der Waals surface area contributed by atoms with Gasteiger partial charge < -0.3 is 19.3 Å². The van der Waals surface area contributed by atoms with Crippen LogP contribution in [-0.4, -0.2) is 35.9 Å². The Morgan fingerprint density at radius 2 is 2.31 bits per heavy atom. The first-order valence-corrected chi connectivity index (χ1v) is 5.33. The Labute approximate surface area is 94.3 Å². The van der Waals surface area contributed by atoms with E-state index >= 15 is 0 Å². The molecule has 0 aliphatic carbocycles. The second-order valence-electron chi connectivity index (χ2n) is 4.27. The molecule has 90 valence electrons. The van der Waals surface area contributed by atoms with Gasteiger partial charge in [0.1, 0.15) is 12.7 Å². The predicted octanol–water partition coefficient (Wildman–Crippen LogP) is 0.655. The Kier molecular flexibility index (Phi) is 3.22. The summed E-state index contributed by atoms with van der Waals surface area (Å²) < 4.78 is 15.8. The highest BCUT2D eigenvalue weighted by Gasteiger charge is 2.33. The first-order valence-electron chi connectivity index (χ1n) is 5.33. The summed E-state index contributed by atoms with van der Waals surface area (Å²) in [4.78, 5) is 4.19. The van der Waals surface area contributed by atoms with E-state index in [-0.39, 0.29) is 11.7 Å². The van der Waals surface area contributed by atoms with E-state index in [9.17, 15) is 0 Å². The van der Waals surface area contributed by atoms with Gasteiger partial charge in [0.15, 0.2) is 5.82 Å². The molecule has 0 radical (unpaired) electrons. The van der Waals surface area contributed by atoms with Crippen molar-refractivity contribution in [2.45, 2.75) is 32.2 Å². The summed E-state index contributed by atoms with van der Waals surface area (Å²) in [6.45, 7) is 6.00. The van der Waals surface area contributed by atoms with Crippen molar-refractivity contribution < 1.29 is 14.0 Å². The van der Waals surface area contributed by atoms with Crippen LogP contribution < -0.4 is 5.32 Å². The molecule has 1 N–H and O–H groups in total. The summed E-state index contributed by atoms with van der Waals surface area (Å²) in [6, 6.07) is 0. The first kappa shape index (κ1) is 11.5. The van der Waals surface area contributed by atoms with Gasteiger partial charge in [-0.05, 0) is 13.8 Å². The molecule has 1 saturated heterocycles. The number of methoxy groups -OCH3 is 1. The molecule has 1 atom stereocenters. The molecule has 0 spiro atoms. The molecule has 1 aliphatic rings. The zero-order chi connectivity index (χ0) is 11.6. The smallest absolute Gasteiger partial charge is 0.252 e. The van der Waals surface area contributed by atoms with Crippen LogP contribution in [0.5, 0.6) is 0 Å². The average Bonchev–Trinajstić information content (AvgIpc) is 2.71. The Balaban J connectivity index is 1.87.